The normalized spacial score (nSPS) is 18.5. The number of Topliss-reactive ketones (excluding diaryl/α,β-unsaturated/α-hetero) is 1. The van der Waals surface area contributed by atoms with Crippen LogP contribution >= 0.6 is 0 Å². The summed E-state index contributed by atoms with van der Waals surface area (Å²) < 4.78 is 107. The van der Waals surface area contributed by atoms with Gasteiger partial charge in [-0.05, 0) is 13.3 Å². The second-order valence-electron chi connectivity index (χ2n) is 5.90. The molecular weight excluding hydrogens is 439 g/mol. The minimum atomic E-state index is -6.09. The number of hydrogen-bond donors (Lipinski definition) is 1. The second kappa shape index (κ2) is 8.69. The van der Waals surface area contributed by atoms with Crippen molar-refractivity contribution in [2.75, 3.05) is 44.2 Å². The number of alkyl halides is 3. The molecule has 0 aromatic heterocycles. The van der Waals surface area contributed by atoms with Gasteiger partial charge in [-0.1, -0.05) is 0 Å². The molecule has 160 valence electrons. The van der Waals surface area contributed by atoms with Crippen LogP contribution in [0.5, 0.6) is 0 Å². The van der Waals surface area contributed by atoms with Crippen molar-refractivity contribution >= 4 is 35.9 Å². The van der Waals surface area contributed by atoms with E-state index in [0.717, 1.165) is 4.31 Å². The number of nitrogens with zero attached hydrogens (tertiary/aromatic N) is 2. The molecule has 1 heterocycles. The molecule has 0 atom stereocenters. The zero-order valence-electron chi connectivity index (χ0n) is 14.3. The van der Waals surface area contributed by atoms with E-state index in [1.165, 1.54) is 6.92 Å². The molecule has 0 aromatic rings. The maximum atomic E-state index is 12.2. The molecule has 27 heavy (non-hydrogen) atoms. The van der Waals surface area contributed by atoms with Crippen LogP contribution in [0.2, 0.25) is 0 Å². The van der Waals surface area contributed by atoms with Gasteiger partial charge in [-0.15, -0.1) is 4.13 Å². The highest BCUT2D eigenvalue weighted by atomic mass is 32.3. The topological polar surface area (TPSA) is 138 Å². The number of halogens is 3. The molecule has 0 radical (unpaired) electrons. The molecule has 1 fully saturated rings. The molecule has 0 spiro atoms. The maximum absolute atomic E-state index is 12.2. The van der Waals surface area contributed by atoms with E-state index in [0.29, 0.717) is 17.2 Å². The Balaban J connectivity index is 2.57. The third-order valence-corrected chi connectivity index (χ3v) is 8.81. The molecule has 0 bridgehead atoms. The van der Waals surface area contributed by atoms with E-state index in [4.69, 9.17) is 0 Å². The van der Waals surface area contributed by atoms with Crippen LogP contribution in [0.25, 0.3) is 0 Å². The lowest BCUT2D eigenvalue weighted by Gasteiger charge is -2.33. The molecule has 1 N–H and O–H groups in total. The minimum Gasteiger partial charge on any atom is -0.299 e. The molecule has 1 aliphatic rings. The van der Waals surface area contributed by atoms with Crippen LogP contribution in [-0.2, 0) is 34.9 Å². The van der Waals surface area contributed by atoms with Gasteiger partial charge in [-0.3, -0.25) is 9.69 Å². The fraction of sp³-hybridized carbons (Fsp3) is 0.909. The van der Waals surface area contributed by atoms with E-state index in [1.54, 1.807) is 4.90 Å². The van der Waals surface area contributed by atoms with Gasteiger partial charge in [0, 0.05) is 26.2 Å². The zero-order chi connectivity index (χ0) is 21.1. The zero-order valence-corrected chi connectivity index (χ0v) is 16.7. The Kier molecular flexibility index (Phi) is 7.80. The summed E-state index contributed by atoms with van der Waals surface area (Å²) in [6.07, 6.45) is -0.585. The van der Waals surface area contributed by atoms with Crippen LogP contribution in [0, 0.1) is 0 Å². The van der Waals surface area contributed by atoms with E-state index in [2.05, 4.69) is 0 Å². The molecule has 0 aromatic carbocycles. The summed E-state index contributed by atoms with van der Waals surface area (Å²) in [6, 6.07) is 0. The first-order valence-electron chi connectivity index (χ1n) is 7.58. The van der Waals surface area contributed by atoms with Crippen molar-refractivity contribution in [3.8, 4) is 0 Å². The Morgan fingerprint density at radius 3 is 1.93 bits per heavy atom. The standard InChI is InChI=1S/C11H20F3N3O7S3/c1-10(18)9-16-3-5-17(6-4-16)26(21,22)8-2-7-25(19,20)15-27(23,24)11(12,13)14/h15H,2-9H2,1H3. The van der Waals surface area contributed by atoms with Gasteiger partial charge in [0.15, 0.2) is 0 Å². The van der Waals surface area contributed by atoms with Crippen molar-refractivity contribution in [3.05, 3.63) is 0 Å². The Hall–Kier alpha value is -0.810. The summed E-state index contributed by atoms with van der Waals surface area (Å²) in [5, 5.41) is 0. The van der Waals surface area contributed by atoms with E-state index >= 15 is 0 Å². The Labute approximate surface area is 155 Å². The van der Waals surface area contributed by atoms with E-state index in [9.17, 15) is 43.2 Å². The van der Waals surface area contributed by atoms with Crippen LogP contribution in [0.15, 0.2) is 0 Å². The average molecular weight is 459 g/mol. The highest BCUT2D eigenvalue weighted by Gasteiger charge is 2.48. The van der Waals surface area contributed by atoms with Gasteiger partial charge in [0.25, 0.3) is 0 Å². The molecule has 0 amide bonds. The summed E-state index contributed by atoms with van der Waals surface area (Å²) in [4.78, 5) is 12.8. The summed E-state index contributed by atoms with van der Waals surface area (Å²) >= 11 is 0. The molecule has 0 aliphatic carbocycles. The largest absolute Gasteiger partial charge is 0.512 e. The highest BCUT2D eigenvalue weighted by molar-refractivity contribution is 8.05. The van der Waals surface area contributed by atoms with Gasteiger partial charge in [-0.2, -0.15) is 17.5 Å². The van der Waals surface area contributed by atoms with Crippen molar-refractivity contribution in [1.82, 2.24) is 13.3 Å². The number of carbonyl (C=O) groups is 1. The van der Waals surface area contributed by atoms with Gasteiger partial charge in [0.05, 0.1) is 18.1 Å². The molecule has 1 aliphatic heterocycles. The fourth-order valence-electron chi connectivity index (χ4n) is 2.30. The SMILES string of the molecule is CC(=O)CN1CCN(S(=O)(=O)CCCS(=O)(=O)NS(=O)(=O)C(F)(F)F)CC1. The Morgan fingerprint density at radius 2 is 1.48 bits per heavy atom. The Bertz CT molecular complexity index is 845. The summed E-state index contributed by atoms with van der Waals surface area (Å²) in [5.74, 6) is -1.85. The molecule has 16 heteroatoms. The van der Waals surface area contributed by atoms with Gasteiger partial charge >= 0.3 is 15.5 Å². The first kappa shape index (κ1) is 24.2. The van der Waals surface area contributed by atoms with Crippen molar-refractivity contribution in [3.63, 3.8) is 0 Å². The number of rotatable bonds is 9. The van der Waals surface area contributed by atoms with Gasteiger partial charge in [-0.25, -0.2) is 25.3 Å². The smallest absolute Gasteiger partial charge is 0.299 e. The molecule has 1 saturated heterocycles. The van der Waals surface area contributed by atoms with Crippen LogP contribution in [0.1, 0.15) is 13.3 Å². The quantitative estimate of drug-likeness (QED) is 0.448. The molecule has 1 rings (SSSR count). The lowest BCUT2D eigenvalue weighted by molar-refractivity contribution is -0.118. The number of ketones is 1. The fourth-order valence-corrected chi connectivity index (χ4v) is 6.54. The summed E-state index contributed by atoms with van der Waals surface area (Å²) in [6.45, 7) is 2.37. The predicted octanol–water partition coefficient (Wildman–Crippen LogP) is -1.32. The predicted molar refractivity (Wildman–Crippen MR) is 89.0 cm³/mol. The lowest BCUT2D eigenvalue weighted by atomic mass is 10.3. The van der Waals surface area contributed by atoms with Crippen molar-refractivity contribution in [2.45, 2.75) is 18.9 Å². The van der Waals surface area contributed by atoms with Crippen molar-refractivity contribution in [1.29, 1.82) is 0 Å². The van der Waals surface area contributed by atoms with Gasteiger partial charge < -0.3 is 0 Å². The van der Waals surface area contributed by atoms with E-state index in [1.807, 2.05) is 0 Å². The van der Waals surface area contributed by atoms with Crippen molar-refractivity contribution < 1.29 is 43.2 Å². The number of carbonyl (C=O) groups excluding carboxylic acids is 1. The Morgan fingerprint density at radius 1 is 0.963 bits per heavy atom. The van der Waals surface area contributed by atoms with Crippen LogP contribution < -0.4 is 4.13 Å². The van der Waals surface area contributed by atoms with Crippen molar-refractivity contribution in [2.24, 2.45) is 0 Å². The number of piperazine rings is 1. The van der Waals surface area contributed by atoms with Crippen LogP contribution in [0.3, 0.4) is 0 Å². The summed E-state index contributed by atoms with van der Waals surface area (Å²) in [7, 11) is -14.8. The lowest BCUT2D eigenvalue weighted by Crippen LogP contribution is -2.50. The first-order chi connectivity index (χ1) is 12.1. The van der Waals surface area contributed by atoms with Crippen LogP contribution in [-0.4, -0.2) is 90.0 Å². The molecule has 0 unspecified atom stereocenters. The molecular formula is C11H20F3N3O7S3. The van der Waals surface area contributed by atoms with E-state index < -0.39 is 53.5 Å². The summed E-state index contributed by atoms with van der Waals surface area (Å²) in [5.41, 5.74) is -5.80. The third-order valence-electron chi connectivity index (χ3n) is 3.53. The number of hydrogen-bond acceptors (Lipinski definition) is 8. The molecule has 10 nitrogen and oxygen atoms in total. The highest BCUT2D eigenvalue weighted by Crippen LogP contribution is 2.22. The number of sulfonamides is 3. The van der Waals surface area contributed by atoms with Gasteiger partial charge in [0.2, 0.25) is 20.0 Å². The first-order valence-corrected chi connectivity index (χ1v) is 12.3. The average Bonchev–Trinajstić information content (AvgIpc) is 2.44. The minimum absolute atomic E-state index is 0.0715. The monoisotopic (exact) mass is 459 g/mol. The molecule has 0 saturated carbocycles. The maximum Gasteiger partial charge on any atom is 0.512 e. The van der Waals surface area contributed by atoms with Crippen LogP contribution in [0.4, 0.5) is 13.2 Å². The third kappa shape index (κ3) is 7.61. The number of nitrogens with one attached hydrogen (secondary N) is 1. The van der Waals surface area contributed by atoms with Gasteiger partial charge in [0.1, 0.15) is 5.78 Å². The second-order valence-corrected chi connectivity index (χ2v) is 11.8. The van der Waals surface area contributed by atoms with E-state index in [-0.39, 0.29) is 25.4 Å².